The number of hydrogen-bond donors (Lipinski definition) is 0. The summed E-state index contributed by atoms with van der Waals surface area (Å²) in [6.45, 7) is 3.83. The van der Waals surface area contributed by atoms with Gasteiger partial charge in [-0.2, -0.15) is 0 Å². The number of carbonyl (C=O) groups is 1. The number of ketones is 1. The van der Waals surface area contributed by atoms with Gasteiger partial charge in [0.2, 0.25) is 0 Å². The van der Waals surface area contributed by atoms with Gasteiger partial charge in [0.25, 0.3) is 0 Å². The van der Waals surface area contributed by atoms with Crippen molar-refractivity contribution in [2.24, 2.45) is 16.7 Å². The first-order valence-corrected chi connectivity index (χ1v) is 8.93. The third-order valence-electron chi connectivity index (χ3n) is 5.31. The van der Waals surface area contributed by atoms with Gasteiger partial charge in [-0.15, -0.1) is 0 Å². The minimum atomic E-state index is -4.33. The SMILES string of the molecule is CC1(C)C2CCC1(CS(=O)(=O)[O-])C(=O)C2.N#[N+]c1ccccn1. The summed E-state index contributed by atoms with van der Waals surface area (Å²) in [4.78, 5) is 18.4. The van der Waals surface area contributed by atoms with Crippen LogP contribution in [0.15, 0.2) is 24.4 Å². The number of hydrogen-bond acceptors (Lipinski definition) is 6. The average Bonchev–Trinajstić information content (AvgIpc) is 2.81. The molecule has 8 heteroatoms. The lowest BCUT2D eigenvalue weighted by atomic mass is 9.70. The highest BCUT2D eigenvalue weighted by Gasteiger charge is 2.64. The molecule has 1 aromatic heterocycles. The molecule has 124 valence electrons. The Morgan fingerprint density at radius 3 is 2.48 bits per heavy atom. The molecule has 0 aliphatic heterocycles. The molecule has 0 N–H and O–H groups in total. The van der Waals surface area contributed by atoms with Crippen LogP contribution in [0.1, 0.15) is 33.1 Å². The van der Waals surface area contributed by atoms with Gasteiger partial charge in [0, 0.05) is 16.8 Å². The van der Waals surface area contributed by atoms with Gasteiger partial charge >= 0.3 is 5.82 Å². The second-order valence-corrected chi connectivity index (χ2v) is 8.06. The van der Waals surface area contributed by atoms with Crippen molar-refractivity contribution in [1.82, 2.24) is 4.98 Å². The van der Waals surface area contributed by atoms with E-state index in [2.05, 4.69) is 9.96 Å². The molecule has 2 bridgehead atoms. The van der Waals surface area contributed by atoms with Crippen LogP contribution in [-0.4, -0.2) is 29.5 Å². The van der Waals surface area contributed by atoms with Gasteiger partial charge in [-0.3, -0.25) is 4.79 Å². The molecule has 23 heavy (non-hydrogen) atoms. The van der Waals surface area contributed by atoms with Gasteiger partial charge in [-0.25, -0.2) is 8.42 Å². The maximum Gasteiger partial charge on any atom is 0.464 e. The zero-order valence-corrected chi connectivity index (χ0v) is 13.9. The van der Waals surface area contributed by atoms with E-state index < -0.39 is 21.3 Å². The highest BCUT2D eigenvalue weighted by molar-refractivity contribution is 7.85. The Morgan fingerprint density at radius 1 is 1.43 bits per heavy atom. The van der Waals surface area contributed by atoms with E-state index in [-0.39, 0.29) is 17.1 Å². The van der Waals surface area contributed by atoms with Crippen LogP contribution in [0, 0.1) is 22.1 Å². The van der Waals surface area contributed by atoms with Crippen LogP contribution >= 0.6 is 0 Å². The highest BCUT2D eigenvalue weighted by Crippen LogP contribution is 2.64. The molecule has 2 atom stereocenters. The molecule has 3 rings (SSSR count). The summed E-state index contributed by atoms with van der Waals surface area (Å²) in [5, 5.41) is 8.10. The van der Waals surface area contributed by atoms with Crippen molar-refractivity contribution < 1.29 is 17.8 Å². The lowest BCUT2D eigenvalue weighted by molar-refractivity contribution is -0.128. The molecule has 2 unspecified atom stereocenters. The van der Waals surface area contributed by atoms with Crippen LogP contribution in [0.2, 0.25) is 0 Å². The predicted octanol–water partition coefficient (Wildman–Crippen LogP) is 2.49. The molecule has 0 radical (unpaired) electrons. The molecule has 2 aliphatic carbocycles. The summed E-state index contributed by atoms with van der Waals surface area (Å²) >= 11 is 0. The van der Waals surface area contributed by atoms with Crippen molar-refractivity contribution in [3.63, 3.8) is 0 Å². The van der Waals surface area contributed by atoms with Crippen molar-refractivity contribution in [3.05, 3.63) is 29.4 Å². The molecular weight excluding hydrogens is 318 g/mol. The number of pyridine rings is 1. The summed E-state index contributed by atoms with van der Waals surface area (Å²) in [5.41, 5.74) is -1.22. The predicted molar refractivity (Wildman–Crippen MR) is 82.1 cm³/mol. The Hall–Kier alpha value is -1.85. The van der Waals surface area contributed by atoms with Gasteiger partial charge in [0.05, 0.1) is 27.3 Å². The highest BCUT2D eigenvalue weighted by atomic mass is 32.2. The second-order valence-electron chi connectivity index (χ2n) is 6.66. The van der Waals surface area contributed by atoms with Crippen molar-refractivity contribution in [2.45, 2.75) is 33.1 Å². The molecule has 0 spiro atoms. The number of fused-ring (bicyclic) bond motifs is 2. The molecule has 0 saturated heterocycles. The molecule has 1 heterocycles. The third-order valence-corrected chi connectivity index (χ3v) is 6.16. The minimum Gasteiger partial charge on any atom is -0.748 e. The maximum absolute atomic E-state index is 11.8. The Labute approximate surface area is 135 Å². The minimum absolute atomic E-state index is 0.0248. The Kier molecular flexibility index (Phi) is 4.55. The summed E-state index contributed by atoms with van der Waals surface area (Å²) in [6.07, 6.45) is 3.44. The second kappa shape index (κ2) is 5.98. The average molecular weight is 337 g/mol. The van der Waals surface area contributed by atoms with Crippen LogP contribution in [0.5, 0.6) is 0 Å². The van der Waals surface area contributed by atoms with Gasteiger partial charge in [-0.05, 0) is 41.3 Å². The van der Waals surface area contributed by atoms with E-state index in [1.807, 2.05) is 13.8 Å². The standard InChI is InChI=1S/C10H16O4S.C5H4N3/c1-9(2)7-3-4-10(9,8(11)5-7)6-15(12,13)14;6-8-5-3-1-2-4-7-5/h7H,3-6H2,1-2H3,(H,12,13,14);1-4H/q;+1/p-1. The lowest BCUT2D eigenvalue weighted by Crippen LogP contribution is -2.42. The van der Waals surface area contributed by atoms with Crippen molar-refractivity contribution in [1.29, 1.82) is 5.39 Å². The summed E-state index contributed by atoms with van der Waals surface area (Å²) in [5.74, 6) is 0.0601. The molecule has 0 amide bonds. The lowest BCUT2D eigenvalue weighted by Gasteiger charge is -2.37. The fourth-order valence-corrected chi connectivity index (χ4v) is 5.10. The topological polar surface area (TPSA) is 115 Å². The zero-order chi connectivity index (χ0) is 17.3. The van der Waals surface area contributed by atoms with Gasteiger partial charge < -0.3 is 4.55 Å². The summed E-state index contributed by atoms with van der Waals surface area (Å²) in [6, 6.07) is 5.12. The first-order chi connectivity index (χ1) is 10.6. The molecule has 2 saturated carbocycles. The fraction of sp³-hybridized carbons (Fsp3) is 0.600. The van der Waals surface area contributed by atoms with E-state index in [1.54, 1.807) is 24.4 Å². The first kappa shape index (κ1) is 17.5. The summed E-state index contributed by atoms with van der Waals surface area (Å²) < 4.78 is 32.7. The number of nitrogens with zero attached hydrogens (tertiary/aromatic N) is 3. The molecule has 2 fully saturated rings. The van der Waals surface area contributed by atoms with Crippen LogP contribution in [-0.2, 0) is 14.9 Å². The van der Waals surface area contributed by atoms with Crippen LogP contribution < -0.4 is 0 Å². The quantitative estimate of drug-likeness (QED) is 0.605. The van der Waals surface area contributed by atoms with E-state index >= 15 is 0 Å². The summed E-state index contributed by atoms with van der Waals surface area (Å²) in [7, 11) is -4.33. The van der Waals surface area contributed by atoms with Crippen molar-refractivity contribution in [3.8, 4) is 0 Å². The van der Waals surface area contributed by atoms with Crippen LogP contribution in [0.25, 0.3) is 4.98 Å². The molecular formula is C15H19N3O4S. The largest absolute Gasteiger partial charge is 0.748 e. The van der Waals surface area contributed by atoms with Crippen molar-refractivity contribution >= 4 is 21.7 Å². The molecule has 0 aromatic carbocycles. The third kappa shape index (κ3) is 3.26. The number of diazo groups is 1. The number of rotatable bonds is 2. The Balaban J connectivity index is 0.000000203. The van der Waals surface area contributed by atoms with E-state index in [4.69, 9.17) is 5.39 Å². The van der Waals surface area contributed by atoms with Gasteiger partial charge in [0.1, 0.15) is 12.0 Å². The Bertz CT molecular complexity index is 740. The van der Waals surface area contributed by atoms with Crippen molar-refractivity contribution in [2.75, 3.05) is 5.75 Å². The van der Waals surface area contributed by atoms with E-state index in [0.717, 1.165) is 6.42 Å². The number of carbonyl (C=O) groups excluding carboxylic acids is 1. The molecule has 2 aliphatic rings. The number of Topliss-reactive ketones (excluding diaryl/α,β-unsaturated/α-hetero) is 1. The molecule has 1 aromatic rings. The Morgan fingerprint density at radius 2 is 2.13 bits per heavy atom. The molecule has 7 nitrogen and oxygen atoms in total. The van der Waals surface area contributed by atoms with E-state index in [1.165, 1.54) is 0 Å². The first-order valence-electron chi connectivity index (χ1n) is 7.35. The number of aromatic nitrogens is 1. The van der Waals surface area contributed by atoms with Gasteiger partial charge in [-0.1, -0.05) is 13.8 Å². The maximum atomic E-state index is 11.8. The van der Waals surface area contributed by atoms with Gasteiger partial charge in [0.15, 0.2) is 0 Å². The van der Waals surface area contributed by atoms with Crippen LogP contribution in [0.3, 0.4) is 0 Å². The van der Waals surface area contributed by atoms with Crippen LogP contribution in [0.4, 0.5) is 5.82 Å². The fourth-order valence-electron chi connectivity index (χ4n) is 3.82. The smallest absolute Gasteiger partial charge is 0.464 e. The normalized spacial score (nSPS) is 27.9. The monoisotopic (exact) mass is 337 g/mol. The van der Waals surface area contributed by atoms with E-state index in [9.17, 15) is 17.8 Å². The van der Waals surface area contributed by atoms with E-state index in [0.29, 0.717) is 18.7 Å². The zero-order valence-electron chi connectivity index (χ0n) is 13.1.